The van der Waals surface area contributed by atoms with E-state index in [0.29, 0.717) is 21.2 Å². The van der Waals surface area contributed by atoms with Gasteiger partial charge in [0.2, 0.25) is 5.91 Å². The number of benzene rings is 1. The molecule has 0 radical (unpaired) electrons. The smallest absolute Gasteiger partial charge is 0.360 e. The van der Waals surface area contributed by atoms with Crippen LogP contribution in [0.2, 0.25) is 0 Å². The molecule has 0 unspecified atom stereocenters. The van der Waals surface area contributed by atoms with Crippen molar-refractivity contribution >= 4 is 38.7 Å². The van der Waals surface area contributed by atoms with Crippen LogP contribution in [0.4, 0.5) is 5.13 Å². The number of carbonyl (C=O) groups is 2. The monoisotopic (exact) mass is 428 g/mol. The molecule has 1 saturated carbocycles. The van der Waals surface area contributed by atoms with Gasteiger partial charge in [-0.3, -0.25) is 4.79 Å². The molecule has 1 N–H and O–H groups in total. The number of thiazole rings is 1. The zero-order valence-corrected chi connectivity index (χ0v) is 17.8. The number of fused-ring (bicyclic) bond motifs is 1. The number of hydrogen-bond donors (Lipinski definition) is 1. The highest BCUT2D eigenvalue weighted by molar-refractivity contribution is 7.22. The van der Waals surface area contributed by atoms with E-state index in [0.717, 1.165) is 31.4 Å². The lowest BCUT2D eigenvalue weighted by atomic mass is 9.89. The lowest BCUT2D eigenvalue weighted by molar-refractivity contribution is -0.120. The quantitative estimate of drug-likeness (QED) is 0.592. The number of ether oxygens (including phenoxy) is 2. The summed E-state index contributed by atoms with van der Waals surface area (Å²) in [5.41, 5.74) is 1.43. The molecule has 158 valence electrons. The average Bonchev–Trinajstić information content (AvgIpc) is 3.33. The van der Waals surface area contributed by atoms with Gasteiger partial charge in [0.25, 0.3) is 0 Å². The second kappa shape index (κ2) is 8.83. The summed E-state index contributed by atoms with van der Waals surface area (Å²) < 4.78 is 12.5. The van der Waals surface area contributed by atoms with Gasteiger partial charge in [0.1, 0.15) is 10.4 Å². The maximum absolute atomic E-state index is 12.6. The van der Waals surface area contributed by atoms with Crippen molar-refractivity contribution < 1.29 is 19.1 Å². The highest BCUT2D eigenvalue weighted by Crippen LogP contribution is 2.33. The number of amides is 1. The number of hydrogen-bond acceptors (Lipinski definition) is 7. The number of rotatable bonds is 6. The molecule has 0 bridgehead atoms. The van der Waals surface area contributed by atoms with Crippen LogP contribution >= 0.6 is 11.3 Å². The van der Waals surface area contributed by atoms with E-state index in [9.17, 15) is 9.59 Å². The van der Waals surface area contributed by atoms with Crippen molar-refractivity contribution in [2.75, 3.05) is 19.0 Å². The van der Waals surface area contributed by atoms with Crippen molar-refractivity contribution in [3.63, 3.8) is 0 Å². The van der Waals surface area contributed by atoms with Crippen LogP contribution in [-0.4, -0.2) is 40.4 Å². The maximum Gasteiger partial charge on any atom is 0.360 e. The van der Waals surface area contributed by atoms with Gasteiger partial charge in [0.05, 0.1) is 19.4 Å². The predicted molar refractivity (Wildman–Crippen MR) is 114 cm³/mol. The van der Waals surface area contributed by atoms with Crippen LogP contribution in [0.1, 0.15) is 49.5 Å². The van der Waals surface area contributed by atoms with Crippen molar-refractivity contribution in [1.29, 1.82) is 0 Å². The van der Waals surface area contributed by atoms with Gasteiger partial charge in [-0.05, 0) is 44.0 Å². The largest absolute Gasteiger partial charge is 0.497 e. The van der Waals surface area contributed by atoms with Crippen LogP contribution in [0.5, 0.6) is 5.75 Å². The van der Waals surface area contributed by atoms with Gasteiger partial charge >= 0.3 is 5.97 Å². The molecule has 0 spiro atoms. The second-order valence-electron chi connectivity index (χ2n) is 7.17. The number of esters is 1. The SMILES string of the molecule is CCOC(=O)c1nn(-c2ccc(OC)cc2)c2nc(NC(=O)C3CCCCC3)sc12. The van der Waals surface area contributed by atoms with Gasteiger partial charge in [0, 0.05) is 5.92 Å². The summed E-state index contributed by atoms with van der Waals surface area (Å²) in [6.45, 7) is 2.00. The Morgan fingerprint density at radius 1 is 1.20 bits per heavy atom. The van der Waals surface area contributed by atoms with Gasteiger partial charge in [-0.2, -0.15) is 10.1 Å². The lowest BCUT2D eigenvalue weighted by Crippen LogP contribution is -2.24. The Hall–Kier alpha value is -2.94. The maximum atomic E-state index is 12.6. The van der Waals surface area contributed by atoms with Crippen LogP contribution in [0.3, 0.4) is 0 Å². The number of nitrogens with one attached hydrogen (secondary N) is 1. The first-order chi connectivity index (χ1) is 14.6. The van der Waals surface area contributed by atoms with Crippen molar-refractivity contribution in [2.24, 2.45) is 5.92 Å². The molecule has 2 aromatic heterocycles. The fourth-order valence-electron chi connectivity index (χ4n) is 3.66. The Balaban J connectivity index is 1.70. The van der Waals surface area contributed by atoms with Gasteiger partial charge in [-0.25, -0.2) is 9.48 Å². The van der Waals surface area contributed by atoms with Gasteiger partial charge in [-0.15, -0.1) is 0 Å². The minimum absolute atomic E-state index is 0.00672. The van der Waals surface area contributed by atoms with Crippen molar-refractivity contribution in [1.82, 2.24) is 14.8 Å². The molecule has 1 amide bonds. The minimum atomic E-state index is -0.511. The number of nitrogens with zero attached hydrogens (tertiary/aromatic N) is 3. The van der Waals surface area contributed by atoms with Gasteiger partial charge in [0.15, 0.2) is 16.5 Å². The number of aromatic nitrogens is 3. The standard InChI is InChI=1S/C21H24N4O4S/c1-3-29-20(27)16-17-18(25(24-16)14-9-11-15(28-2)12-10-14)22-21(30-17)23-19(26)13-7-5-4-6-8-13/h9-13H,3-8H2,1-2H3,(H,22,23,26). The summed E-state index contributed by atoms with van der Waals surface area (Å²) in [6, 6.07) is 7.29. The predicted octanol–water partition coefficient (Wildman–Crippen LogP) is 4.19. The molecule has 2 heterocycles. The first kappa shape index (κ1) is 20.3. The highest BCUT2D eigenvalue weighted by atomic mass is 32.1. The molecule has 0 saturated heterocycles. The summed E-state index contributed by atoms with van der Waals surface area (Å²) in [6.07, 6.45) is 5.16. The molecule has 3 aromatic rings. The van der Waals surface area contributed by atoms with Crippen molar-refractivity contribution in [2.45, 2.75) is 39.0 Å². The number of carbonyl (C=O) groups excluding carboxylic acids is 2. The van der Waals surface area contributed by atoms with E-state index in [1.807, 2.05) is 24.3 Å². The first-order valence-corrected chi connectivity index (χ1v) is 10.9. The Labute approximate surface area is 178 Å². The minimum Gasteiger partial charge on any atom is -0.497 e. The van der Waals surface area contributed by atoms with Gasteiger partial charge < -0.3 is 14.8 Å². The Morgan fingerprint density at radius 3 is 2.60 bits per heavy atom. The van der Waals surface area contributed by atoms with E-state index in [1.165, 1.54) is 17.8 Å². The normalized spacial score (nSPS) is 14.6. The third-order valence-electron chi connectivity index (χ3n) is 5.22. The molecule has 1 fully saturated rings. The Kier molecular flexibility index (Phi) is 5.98. The van der Waals surface area contributed by atoms with E-state index in [-0.39, 0.29) is 24.1 Å². The van der Waals surface area contributed by atoms with Crippen LogP contribution in [0.25, 0.3) is 16.0 Å². The summed E-state index contributed by atoms with van der Waals surface area (Å²) >= 11 is 1.24. The van der Waals surface area contributed by atoms with Crippen LogP contribution in [0, 0.1) is 5.92 Å². The zero-order valence-electron chi connectivity index (χ0n) is 17.0. The van der Waals surface area contributed by atoms with E-state index in [1.54, 1.807) is 18.7 Å². The molecule has 4 rings (SSSR count). The molecular weight excluding hydrogens is 404 g/mol. The average molecular weight is 429 g/mol. The zero-order chi connectivity index (χ0) is 21.1. The first-order valence-electron chi connectivity index (χ1n) is 10.1. The topological polar surface area (TPSA) is 95.3 Å². The van der Waals surface area contributed by atoms with E-state index in [2.05, 4.69) is 15.4 Å². The number of methoxy groups -OCH3 is 1. The van der Waals surface area contributed by atoms with Crippen molar-refractivity contribution in [3.05, 3.63) is 30.0 Å². The Morgan fingerprint density at radius 2 is 1.93 bits per heavy atom. The fraction of sp³-hybridized carbons (Fsp3) is 0.429. The lowest BCUT2D eigenvalue weighted by Gasteiger charge is -2.19. The molecule has 1 aromatic carbocycles. The Bertz CT molecular complexity index is 1050. The molecule has 8 nitrogen and oxygen atoms in total. The van der Waals surface area contributed by atoms with Crippen LogP contribution in [-0.2, 0) is 9.53 Å². The molecule has 1 aliphatic rings. The van der Waals surface area contributed by atoms with Crippen LogP contribution < -0.4 is 10.1 Å². The van der Waals surface area contributed by atoms with Crippen LogP contribution in [0.15, 0.2) is 24.3 Å². The van der Waals surface area contributed by atoms with Crippen molar-refractivity contribution in [3.8, 4) is 11.4 Å². The molecule has 0 aliphatic heterocycles. The summed E-state index contributed by atoms with van der Waals surface area (Å²) in [5, 5.41) is 7.84. The van der Waals surface area contributed by atoms with E-state index < -0.39 is 5.97 Å². The summed E-state index contributed by atoms with van der Waals surface area (Å²) in [7, 11) is 1.60. The summed E-state index contributed by atoms with van der Waals surface area (Å²) in [4.78, 5) is 29.7. The van der Waals surface area contributed by atoms with E-state index in [4.69, 9.17) is 9.47 Å². The van der Waals surface area contributed by atoms with E-state index >= 15 is 0 Å². The summed E-state index contributed by atoms with van der Waals surface area (Å²) in [5.74, 6) is 0.219. The molecule has 9 heteroatoms. The third-order valence-corrected chi connectivity index (χ3v) is 6.18. The third kappa shape index (κ3) is 4.02. The second-order valence-corrected chi connectivity index (χ2v) is 8.17. The number of anilines is 1. The molecule has 30 heavy (non-hydrogen) atoms. The highest BCUT2D eigenvalue weighted by Gasteiger charge is 2.26. The fourth-order valence-corrected chi connectivity index (χ4v) is 4.59. The molecular formula is C21H24N4O4S. The van der Waals surface area contributed by atoms with Gasteiger partial charge in [-0.1, -0.05) is 30.6 Å². The molecule has 0 atom stereocenters. The molecule has 1 aliphatic carbocycles.